The number of likely N-dealkylation sites (tertiary alicyclic amines) is 1. The molecule has 0 unspecified atom stereocenters. The zero-order valence-corrected chi connectivity index (χ0v) is 14.8. The Kier molecular flexibility index (Phi) is 4.90. The predicted octanol–water partition coefficient (Wildman–Crippen LogP) is 1.64. The first-order chi connectivity index (χ1) is 12.7. The van der Waals surface area contributed by atoms with Gasteiger partial charge in [-0.25, -0.2) is 0 Å². The van der Waals surface area contributed by atoms with E-state index in [0.29, 0.717) is 30.3 Å². The van der Waals surface area contributed by atoms with Gasteiger partial charge in [0.25, 0.3) is 5.91 Å². The van der Waals surface area contributed by atoms with Crippen LogP contribution in [0.25, 0.3) is 11.1 Å². The number of nitrogens with one attached hydrogen (secondary N) is 2. The summed E-state index contributed by atoms with van der Waals surface area (Å²) in [4.78, 5) is 15.4. The number of piperidine rings is 1. The molecule has 3 heterocycles. The van der Waals surface area contributed by atoms with E-state index in [1.54, 1.807) is 0 Å². The van der Waals surface area contributed by atoms with Gasteiger partial charge in [0.15, 0.2) is 5.82 Å². The number of amides is 1. The first kappa shape index (κ1) is 17.1. The van der Waals surface area contributed by atoms with Gasteiger partial charge in [-0.2, -0.15) is 5.10 Å². The van der Waals surface area contributed by atoms with Crippen molar-refractivity contribution in [2.24, 2.45) is 0 Å². The fourth-order valence-electron chi connectivity index (χ4n) is 3.95. The second kappa shape index (κ2) is 7.47. The highest BCUT2D eigenvalue weighted by Gasteiger charge is 2.35. The van der Waals surface area contributed by atoms with Gasteiger partial charge in [0.1, 0.15) is 5.69 Å². The number of ether oxygens (including phenoxy) is 1. The van der Waals surface area contributed by atoms with Gasteiger partial charge in [-0.1, -0.05) is 36.8 Å². The molecule has 7 heteroatoms. The van der Waals surface area contributed by atoms with Crippen molar-refractivity contribution in [2.75, 3.05) is 32.0 Å². The highest BCUT2D eigenvalue weighted by molar-refractivity contribution is 6.01. The Labute approximate surface area is 152 Å². The van der Waals surface area contributed by atoms with E-state index < -0.39 is 0 Å². The minimum absolute atomic E-state index is 0.0197. The maximum Gasteiger partial charge on any atom is 0.270 e. The molecule has 0 saturated carbocycles. The molecule has 2 atom stereocenters. The maximum absolute atomic E-state index is 12.9. The Bertz CT molecular complexity index is 755. The van der Waals surface area contributed by atoms with Crippen LogP contribution in [-0.2, 0) is 4.74 Å². The molecule has 2 aromatic rings. The molecule has 2 aliphatic heterocycles. The van der Waals surface area contributed by atoms with Crippen LogP contribution < -0.4 is 11.1 Å². The zero-order valence-electron chi connectivity index (χ0n) is 14.8. The lowest BCUT2D eigenvalue weighted by molar-refractivity contribution is 0.0895. The van der Waals surface area contributed by atoms with Crippen molar-refractivity contribution in [3.8, 4) is 11.1 Å². The van der Waals surface area contributed by atoms with Crippen molar-refractivity contribution in [3.63, 3.8) is 0 Å². The van der Waals surface area contributed by atoms with Crippen LogP contribution in [0.2, 0.25) is 0 Å². The monoisotopic (exact) mass is 355 g/mol. The average Bonchev–Trinajstić information content (AvgIpc) is 3.29. The normalized spacial score (nSPS) is 23.8. The van der Waals surface area contributed by atoms with Crippen molar-refractivity contribution in [2.45, 2.75) is 31.3 Å². The number of hydrogen-bond donors (Lipinski definition) is 3. The lowest BCUT2D eigenvalue weighted by Crippen LogP contribution is -2.52. The summed E-state index contributed by atoms with van der Waals surface area (Å²) in [7, 11) is 0. The summed E-state index contributed by atoms with van der Waals surface area (Å²) in [6, 6.07) is 9.83. The Hall–Kier alpha value is -2.38. The van der Waals surface area contributed by atoms with Gasteiger partial charge in [-0.3, -0.25) is 14.8 Å². The van der Waals surface area contributed by atoms with Crippen molar-refractivity contribution in [1.82, 2.24) is 20.4 Å². The summed E-state index contributed by atoms with van der Waals surface area (Å²) in [5.41, 5.74) is 7.93. The maximum atomic E-state index is 12.9. The first-order valence-electron chi connectivity index (χ1n) is 9.26. The number of nitrogens with zero attached hydrogens (tertiary/aromatic N) is 2. The number of H-pyrrole nitrogens is 1. The van der Waals surface area contributed by atoms with Gasteiger partial charge < -0.3 is 15.8 Å². The fourth-order valence-corrected chi connectivity index (χ4v) is 3.95. The van der Waals surface area contributed by atoms with Gasteiger partial charge >= 0.3 is 0 Å². The molecule has 4 N–H and O–H groups in total. The van der Waals surface area contributed by atoms with Crippen molar-refractivity contribution < 1.29 is 9.53 Å². The molecule has 0 bridgehead atoms. The van der Waals surface area contributed by atoms with E-state index in [-0.39, 0.29) is 18.0 Å². The number of hydrogen-bond acceptors (Lipinski definition) is 5. The van der Waals surface area contributed by atoms with Crippen molar-refractivity contribution in [3.05, 3.63) is 36.0 Å². The standard InChI is InChI=1S/C19H25N5O2/c20-18-16(13-7-3-1-4-8-13)17(22-23-18)19(25)21-14-11-26-12-15(14)24-9-5-2-6-10-24/h1,3-4,7-8,14-15H,2,5-6,9-12H2,(H,21,25)(H3,20,22,23)/t14-,15-/m0/s1. The van der Waals surface area contributed by atoms with E-state index in [2.05, 4.69) is 20.4 Å². The third-order valence-corrected chi connectivity index (χ3v) is 5.31. The molecule has 138 valence electrons. The first-order valence-corrected chi connectivity index (χ1v) is 9.26. The van der Waals surface area contributed by atoms with Gasteiger partial charge in [-0.15, -0.1) is 0 Å². The molecule has 2 aliphatic rings. The second-order valence-electron chi connectivity index (χ2n) is 7.01. The lowest BCUT2D eigenvalue weighted by atomic mass is 10.0. The molecule has 0 radical (unpaired) electrons. The van der Waals surface area contributed by atoms with Gasteiger partial charge in [0, 0.05) is 0 Å². The molecule has 1 aromatic heterocycles. The number of nitrogens with two attached hydrogens (primary N) is 1. The number of carbonyl (C=O) groups is 1. The van der Waals surface area contributed by atoms with Crippen LogP contribution in [-0.4, -0.2) is 59.4 Å². The number of benzene rings is 1. The Morgan fingerprint density at radius 1 is 1.19 bits per heavy atom. The van der Waals surface area contributed by atoms with E-state index in [1.165, 1.54) is 19.3 Å². The number of nitrogen functional groups attached to an aromatic ring is 1. The highest BCUT2D eigenvalue weighted by atomic mass is 16.5. The Morgan fingerprint density at radius 2 is 1.96 bits per heavy atom. The smallest absolute Gasteiger partial charge is 0.270 e. The molecular weight excluding hydrogens is 330 g/mol. The summed E-state index contributed by atoms with van der Waals surface area (Å²) in [6.45, 7) is 3.36. The molecule has 0 spiro atoms. The predicted molar refractivity (Wildman–Crippen MR) is 99.7 cm³/mol. The van der Waals surface area contributed by atoms with Crippen molar-refractivity contribution >= 4 is 11.7 Å². The number of aromatic amines is 1. The topological polar surface area (TPSA) is 96.3 Å². The molecule has 0 aliphatic carbocycles. The quantitative estimate of drug-likeness (QED) is 0.775. The molecule has 2 saturated heterocycles. The zero-order chi connectivity index (χ0) is 17.9. The van der Waals surface area contributed by atoms with Crippen LogP contribution in [0.5, 0.6) is 0 Å². The van der Waals surface area contributed by atoms with Crippen LogP contribution in [0.4, 0.5) is 5.82 Å². The molecule has 7 nitrogen and oxygen atoms in total. The molecule has 4 rings (SSSR count). The number of anilines is 1. The highest BCUT2D eigenvalue weighted by Crippen LogP contribution is 2.28. The number of carbonyl (C=O) groups excluding carboxylic acids is 1. The Balaban J connectivity index is 1.52. The Morgan fingerprint density at radius 3 is 2.73 bits per heavy atom. The minimum atomic E-state index is -0.189. The van der Waals surface area contributed by atoms with Gasteiger partial charge in [0.2, 0.25) is 0 Å². The average molecular weight is 355 g/mol. The second-order valence-corrected chi connectivity index (χ2v) is 7.01. The van der Waals surface area contributed by atoms with Crippen molar-refractivity contribution in [1.29, 1.82) is 0 Å². The van der Waals surface area contributed by atoms with Gasteiger partial charge in [-0.05, 0) is 31.5 Å². The SMILES string of the molecule is Nc1n[nH]c(C(=O)N[C@H]2COC[C@@H]2N2CCCCC2)c1-c1ccccc1. The third-order valence-electron chi connectivity index (χ3n) is 5.31. The summed E-state index contributed by atoms with van der Waals surface area (Å²) in [5, 5.41) is 9.98. The van der Waals surface area contributed by atoms with E-state index in [0.717, 1.165) is 18.7 Å². The summed E-state index contributed by atoms with van der Waals surface area (Å²) >= 11 is 0. The molecule has 2 fully saturated rings. The van der Waals surface area contributed by atoms with E-state index >= 15 is 0 Å². The lowest BCUT2D eigenvalue weighted by Gasteiger charge is -2.34. The molecule has 1 amide bonds. The van der Waals surface area contributed by atoms with Crippen LogP contribution in [0.15, 0.2) is 30.3 Å². The van der Waals surface area contributed by atoms with Crippen LogP contribution in [0.1, 0.15) is 29.8 Å². The summed E-state index contributed by atoms with van der Waals surface area (Å²) in [6.07, 6.45) is 3.72. The minimum Gasteiger partial charge on any atom is -0.382 e. The van der Waals surface area contributed by atoms with E-state index in [1.807, 2.05) is 30.3 Å². The number of rotatable bonds is 4. The number of aromatic nitrogens is 2. The van der Waals surface area contributed by atoms with E-state index in [4.69, 9.17) is 10.5 Å². The van der Waals surface area contributed by atoms with Crippen LogP contribution in [0, 0.1) is 0 Å². The van der Waals surface area contributed by atoms with Gasteiger partial charge in [0.05, 0.1) is 30.9 Å². The largest absolute Gasteiger partial charge is 0.382 e. The third kappa shape index (κ3) is 3.32. The fraction of sp³-hybridized carbons (Fsp3) is 0.474. The summed E-state index contributed by atoms with van der Waals surface area (Å²) < 4.78 is 5.67. The molecular formula is C19H25N5O2. The van der Waals surface area contributed by atoms with E-state index in [9.17, 15) is 4.79 Å². The van der Waals surface area contributed by atoms with Crippen LogP contribution >= 0.6 is 0 Å². The molecule has 1 aromatic carbocycles. The van der Waals surface area contributed by atoms with Crippen LogP contribution in [0.3, 0.4) is 0 Å². The molecule has 26 heavy (non-hydrogen) atoms. The summed E-state index contributed by atoms with van der Waals surface area (Å²) in [5.74, 6) is 0.141.